The summed E-state index contributed by atoms with van der Waals surface area (Å²) in [5.41, 5.74) is 0.864. The molecular weight excluding hydrogens is 268 g/mol. The van der Waals surface area contributed by atoms with E-state index in [1.54, 1.807) is 12.3 Å². The number of aryl methyl sites for hydroxylation is 1. The summed E-state index contributed by atoms with van der Waals surface area (Å²) in [5.74, 6) is -1.16. The number of hydrogen-bond acceptors (Lipinski definition) is 4. The second kappa shape index (κ2) is 7.63. The van der Waals surface area contributed by atoms with Gasteiger partial charge in [0.25, 0.3) is 5.56 Å². The van der Waals surface area contributed by atoms with E-state index >= 15 is 0 Å². The van der Waals surface area contributed by atoms with Crippen molar-refractivity contribution in [1.29, 1.82) is 0 Å². The molecule has 1 aromatic rings. The number of pyridine rings is 1. The average molecular weight is 284 g/mol. The van der Waals surface area contributed by atoms with E-state index in [-0.39, 0.29) is 23.0 Å². The Labute approximate surface area is 114 Å². The third-order valence-corrected chi connectivity index (χ3v) is 3.18. The van der Waals surface area contributed by atoms with E-state index in [9.17, 15) is 14.4 Å². The molecule has 0 fully saturated rings. The van der Waals surface area contributed by atoms with E-state index in [1.165, 1.54) is 10.6 Å². The highest BCUT2D eigenvalue weighted by molar-refractivity contribution is 8.00. The van der Waals surface area contributed by atoms with E-state index in [0.29, 0.717) is 13.1 Å². The van der Waals surface area contributed by atoms with E-state index in [1.807, 2.05) is 6.92 Å². The van der Waals surface area contributed by atoms with Crippen LogP contribution in [0.15, 0.2) is 23.1 Å². The molecule has 0 aliphatic carbocycles. The molecule has 0 saturated carbocycles. The second-order valence-corrected chi connectivity index (χ2v) is 4.96. The van der Waals surface area contributed by atoms with Crippen LogP contribution in [0.3, 0.4) is 0 Å². The van der Waals surface area contributed by atoms with Gasteiger partial charge in [0.05, 0.1) is 11.5 Å². The fourth-order valence-electron chi connectivity index (χ4n) is 1.42. The summed E-state index contributed by atoms with van der Waals surface area (Å²) >= 11 is 1.04. The number of aromatic nitrogens is 1. The van der Waals surface area contributed by atoms with Crippen molar-refractivity contribution in [3.8, 4) is 0 Å². The van der Waals surface area contributed by atoms with Gasteiger partial charge in [0, 0.05) is 25.4 Å². The Kier molecular flexibility index (Phi) is 6.14. The average Bonchev–Trinajstić information content (AvgIpc) is 2.33. The Morgan fingerprint density at radius 1 is 1.37 bits per heavy atom. The minimum absolute atomic E-state index is 0.0925. The molecule has 1 heterocycles. The van der Waals surface area contributed by atoms with Crippen LogP contribution < -0.4 is 10.9 Å². The minimum atomic E-state index is -0.941. The van der Waals surface area contributed by atoms with E-state index < -0.39 is 5.97 Å². The Morgan fingerprint density at radius 2 is 2.11 bits per heavy atom. The molecule has 6 nitrogen and oxygen atoms in total. The molecule has 1 aromatic heterocycles. The van der Waals surface area contributed by atoms with Crippen LogP contribution in [0.4, 0.5) is 0 Å². The molecule has 7 heteroatoms. The molecule has 0 saturated heterocycles. The lowest BCUT2D eigenvalue weighted by Gasteiger charge is -2.07. The highest BCUT2D eigenvalue weighted by atomic mass is 32.2. The Morgan fingerprint density at radius 3 is 2.79 bits per heavy atom. The molecule has 104 valence electrons. The molecule has 0 aliphatic rings. The summed E-state index contributed by atoms with van der Waals surface area (Å²) in [6.45, 7) is 2.63. The molecule has 0 unspecified atom stereocenters. The zero-order chi connectivity index (χ0) is 14.3. The van der Waals surface area contributed by atoms with Crippen LogP contribution in [0.1, 0.15) is 5.56 Å². The Bertz CT molecular complexity index is 513. The molecule has 0 aromatic carbocycles. The molecule has 0 atom stereocenters. The van der Waals surface area contributed by atoms with E-state index in [4.69, 9.17) is 5.11 Å². The number of carboxylic acids is 1. The fourth-order valence-corrected chi connectivity index (χ4v) is 1.99. The first-order valence-corrected chi connectivity index (χ1v) is 6.88. The van der Waals surface area contributed by atoms with Crippen LogP contribution in [-0.2, 0) is 16.1 Å². The predicted octanol–water partition coefficient (Wildman–Crippen LogP) is 0.0907. The summed E-state index contributed by atoms with van der Waals surface area (Å²) in [6, 6.07) is 3.22. The minimum Gasteiger partial charge on any atom is -0.481 e. The molecule has 0 spiro atoms. The zero-order valence-electron chi connectivity index (χ0n) is 10.6. The number of carboxylic acid groups (broad SMARTS) is 1. The van der Waals surface area contributed by atoms with Crippen LogP contribution in [-0.4, -0.2) is 39.6 Å². The summed E-state index contributed by atoms with van der Waals surface area (Å²) in [4.78, 5) is 33.1. The molecule has 1 rings (SSSR count). The Hall–Kier alpha value is -1.76. The van der Waals surface area contributed by atoms with Crippen molar-refractivity contribution < 1.29 is 14.7 Å². The van der Waals surface area contributed by atoms with Gasteiger partial charge in [-0.15, -0.1) is 11.8 Å². The summed E-state index contributed by atoms with van der Waals surface area (Å²) in [7, 11) is 0. The molecule has 19 heavy (non-hydrogen) atoms. The summed E-state index contributed by atoms with van der Waals surface area (Å²) in [6.07, 6.45) is 1.73. The lowest BCUT2D eigenvalue weighted by Crippen LogP contribution is -2.31. The number of rotatable bonds is 7. The molecule has 2 N–H and O–H groups in total. The number of carbonyl (C=O) groups excluding carboxylic acids is 1. The summed E-state index contributed by atoms with van der Waals surface area (Å²) in [5, 5.41) is 11.1. The molecule has 0 radical (unpaired) electrons. The molecule has 0 aliphatic heterocycles. The van der Waals surface area contributed by atoms with E-state index in [0.717, 1.165) is 17.3 Å². The molecule has 0 bridgehead atoms. The standard InChI is InChI=1S/C12H16N2O4S/c1-9-2-3-11(16)14(6-9)5-4-13-10(15)7-19-8-12(17)18/h2-3,6H,4-5,7-8H2,1H3,(H,13,15)(H,17,18). The van der Waals surface area contributed by atoms with Crippen molar-refractivity contribution in [2.45, 2.75) is 13.5 Å². The third-order valence-electron chi connectivity index (χ3n) is 2.26. The van der Waals surface area contributed by atoms with Crippen molar-refractivity contribution in [3.05, 3.63) is 34.2 Å². The number of hydrogen-bond donors (Lipinski definition) is 2. The topological polar surface area (TPSA) is 88.4 Å². The largest absolute Gasteiger partial charge is 0.481 e. The smallest absolute Gasteiger partial charge is 0.313 e. The van der Waals surface area contributed by atoms with Crippen molar-refractivity contribution in [2.75, 3.05) is 18.1 Å². The first kappa shape index (κ1) is 15.3. The van der Waals surface area contributed by atoms with Crippen molar-refractivity contribution in [1.82, 2.24) is 9.88 Å². The second-order valence-electron chi connectivity index (χ2n) is 3.97. The first-order chi connectivity index (χ1) is 8.99. The first-order valence-electron chi connectivity index (χ1n) is 5.72. The maximum absolute atomic E-state index is 11.5. The quantitative estimate of drug-likeness (QED) is 0.741. The fraction of sp³-hybridized carbons (Fsp3) is 0.417. The van der Waals surface area contributed by atoms with Crippen LogP contribution in [0, 0.1) is 6.92 Å². The zero-order valence-corrected chi connectivity index (χ0v) is 11.4. The molecule has 1 amide bonds. The number of nitrogens with zero attached hydrogens (tertiary/aromatic N) is 1. The van der Waals surface area contributed by atoms with Crippen LogP contribution >= 0.6 is 11.8 Å². The van der Waals surface area contributed by atoms with Gasteiger partial charge in [0.15, 0.2) is 0 Å². The number of amides is 1. The highest BCUT2D eigenvalue weighted by Crippen LogP contribution is 1.98. The van der Waals surface area contributed by atoms with E-state index in [2.05, 4.69) is 5.32 Å². The lowest BCUT2D eigenvalue weighted by atomic mass is 10.3. The normalized spacial score (nSPS) is 10.2. The number of thioether (sulfide) groups is 1. The number of carbonyl (C=O) groups is 2. The predicted molar refractivity (Wildman–Crippen MR) is 73.4 cm³/mol. The lowest BCUT2D eigenvalue weighted by molar-refractivity contribution is -0.133. The maximum atomic E-state index is 11.5. The monoisotopic (exact) mass is 284 g/mol. The van der Waals surface area contributed by atoms with Gasteiger partial charge >= 0.3 is 5.97 Å². The van der Waals surface area contributed by atoms with Crippen molar-refractivity contribution in [3.63, 3.8) is 0 Å². The van der Waals surface area contributed by atoms with Gasteiger partial charge in [0.1, 0.15) is 0 Å². The SMILES string of the molecule is Cc1ccc(=O)n(CCNC(=O)CSCC(=O)O)c1. The maximum Gasteiger partial charge on any atom is 0.313 e. The molecular formula is C12H16N2O4S. The number of aliphatic carboxylic acids is 1. The summed E-state index contributed by atoms with van der Waals surface area (Å²) < 4.78 is 1.53. The van der Waals surface area contributed by atoms with Gasteiger partial charge in [-0.3, -0.25) is 14.4 Å². The highest BCUT2D eigenvalue weighted by Gasteiger charge is 2.04. The van der Waals surface area contributed by atoms with Crippen molar-refractivity contribution in [2.24, 2.45) is 0 Å². The van der Waals surface area contributed by atoms with Crippen LogP contribution in [0.25, 0.3) is 0 Å². The van der Waals surface area contributed by atoms with Gasteiger partial charge in [-0.2, -0.15) is 0 Å². The number of nitrogens with one attached hydrogen (secondary N) is 1. The van der Waals surface area contributed by atoms with Gasteiger partial charge in [-0.25, -0.2) is 0 Å². The van der Waals surface area contributed by atoms with Gasteiger partial charge in [0.2, 0.25) is 5.91 Å². The van der Waals surface area contributed by atoms with Gasteiger partial charge in [-0.1, -0.05) is 6.07 Å². The van der Waals surface area contributed by atoms with Crippen LogP contribution in [0.2, 0.25) is 0 Å². The van der Waals surface area contributed by atoms with Gasteiger partial charge < -0.3 is 15.0 Å². The van der Waals surface area contributed by atoms with Crippen LogP contribution in [0.5, 0.6) is 0 Å². The van der Waals surface area contributed by atoms with Gasteiger partial charge in [-0.05, 0) is 12.5 Å². The van der Waals surface area contributed by atoms with Crippen molar-refractivity contribution >= 4 is 23.6 Å². The third kappa shape index (κ3) is 6.10. The Balaban J connectivity index is 2.30.